The Labute approximate surface area is 126 Å². The molecule has 1 spiro atoms. The summed E-state index contributed by atoms with van der Waals surface area (Å²) in [5, 5.41) is 14.9. The molecule has 110 valence electrons. The maximum atomic E-state index is 10.6. The number of rotatable bonds is 1. The standard InChI is InChI=1S/C17H24ClNO/c1-11-8-13-12(9-15(11)18)14(16(2,3)20)10-17(13)4-6-19-7-5-17/h8-9,14,19-20H,4-7,10H2,1-3H3. The van der Waals surface area contributed by atoms with Crippen LogP contribution in [-0.4, -0.2) is 23.8 Å². The highest BCUT2D eigenvalue weighted by molar-refractivity contribution is 6.31. The van der Waals surface area contributed by atoms with E-state index in [9.17, 15) is 5.11 Å². The van der Waals surface area contributed by atoms with Crippen molar-refractivity contribution in [3.05, 3.63) is 33.8 Å². The van der Waals surface area contributed by atoms with Crippen molar-refractivity contribution < 1.29 is 5.11 Å². The van der Waals surface area contributed by atoms with Crippen molar-refractivity contribution in [2.75, 3.05) is 13.1 Å². The van der Waals surface area contributed by atoms with E-state index in [2.05, 4.69) is 24.4 Å². The van der Waals surface area contributed by atoms with E-state index in [1.165, 1.54) is 11.1 Å². The van der Waals surface area contributed by atoms with Crippen LogP contribution in [0.4, 0.5) is 0 Å². The third kappa shape index (κ3) is 2.18. The number of piperidine rings is 1. The first kappa shape index (κ1) is 14.4. The average Bonchev–Trinajstić information content (AvgIpc) is 2.66. The lowest BCUT2D eigenvalue weighted by atomic mass is 9.72. The minimum Gasteiger partial charge on any atom is -0.390 e. The van der Waals surface area contributed by atoms with E-state index < -0.39 is 5.60 Å². The van der Waals surface area contributed by atoms with Crippen molar-refractivity contribution in [2.45, 2.75) is 57.0 Å². The smallest absolute Gasteiger partial charge is 0.0660 e. The number of fused-ring (bicyclic) bond motifs is 2. The van der Waals surface area contributed by atoms with Crippen LogP contribution in [0.3, 0.4) is 0 Å². The van der Waals surface area contributed by atoms with E-state index in [1.54, 1.807) is 0 Å². The van der Waals surface area contributed by atoms with Crippen molar-refractivity contribution in [3.63, 3.8) is 0 Å². The van der Waals surface area contributed by atoms with Gasteiger partial charge in [0, 0.05) is 10.9 Å². The summed E-state index contributed by atoms with van der Waals surface area (Å²) in [6.07, 6.45) is 3.37. The molecule has 3 heteroatoms. The van der Waals surface area contributed by atoms with Gasteiger partial charge in [-0.1, -0.05) is 17.7 Å². The fourth-order valence-electron chi connectivity index (χ4n) is 4.06. The molecule has 1 unspecified atom stereocenters. The Morgan fingerprint density at radius 3 is 2.55 bits per heavy atom. The van der Waals surface area contributed by atoms with Crippen LogP contribution in [0.15, 0.2) is 12.1 Å². The van der Waals surface area contributed by atoms with E-state index in [0.717, 1.165) is 42.9 Å². The van der Waals surface area contributed by atoms with E-state index in [4.69, 9.17) is 11.6 Å². The van der Waals surface area contributed by atoms with Gasteiger partial charge in [0.1, 0.15) is 0 Å². The lowest BCUT2D eigenvalue weighted by Gasteiger charge is -2.36. The SMILES string of the molecule is Cc1cc2c(cc1Cl)C(C(C)(C)O)CC21CCNCC1. The molecule has 3 rings (SSSR count). The lowest BCUT2D eigenvalue weighted by molar-refractivity contribution is 0.0422. The minimum atomic E-state index is -0.693. The van der Waals surface area contributed by atoms with Crippen LogP contribution in [0.5, 0.6) is 0 Å². The molecular weight excluding hydrogens is 270 g/mol. The van der Waals surface area contributed by atoms with Gasteiger partial charge in [-0.15, -0.1) is 0 Å². The normalized spacial score (nSPS) is 24.9. The molecule has 1 aliphatic heterocycles. The molecule has 1 atom stereocenters. The van der Waals surface area contributed by atoms with Gasteiger partial charge >= 0.3 is 0 Å². The highest BCUT2D eigenvalue weighted by atomic mass is 35.5. The van der Waals surface area contributed by atoms with E-state index in [-0.39, 0.29) is 11.3 Å². The fraction of sp³-hybridized carbons (Fsp3) is 0.647. The molecule has 1 fully saturated rings. The number of aliphatic hydroxyl groups is 1. The summed E-state index contributed by atoms with van der Waals surface area (Å²) in [5.74, 6) is 0.189. The molecule has 20 heavy (non-hydrogen) atoms. The van der Waals surface area contributed by atoms with Crippen LogP contribution >= 0.6 is 11.6 Å². The molecule has 0 saturated carbocycles. The molecule has 1 aromatic carbocycles. The predicted octanol–water partition coefficient (Wildman–Crippen LogP) is 3.53. The number of halogens is 1. The van der Waals surface area contributed by atoms with Crippen molar-refractivity contribution in [3.8, 4) is 0 Å². The molecule has 2 aliphatic rings. The van der Waals surface area contributed by atoms with E-state index in [0.29, 0.717) is 0 Å². The van der Waals surface area contributed by atoms with E-state index >= 15 is 0 Å². The monoisotopic (exact) mass is 293 g/mol. The zero-order valence-electron chi connectivity index (χ0n) is 12.6. The van der Waals surface area contributed by atoms with Gasteiger partial charge in [0.15, 0.2) is 0 Å². The molecule has 0 amide bonds. The van der Waals surface area contributed by atoms with Gasteiger partial charge in [0.2, 0.25) is 0 Å². The van der Waals surface area contributed by atoms with Gasteiger partial charge in [-0.25, -0.2) is 0 Å². The fourth-order valence-corrected chi connectivity index (χ4v) is 4.24. The molecular formula is C17H24ClNO. The summed E-state index contributed by atoms with van der Waals surface area (Å²) >= 11 is 6.34. The second-order valence-electron chi connectivity index (χ2n) is 7.13. The number of aryl methyl sites for hydroxylation is 1. The summed E-state index contributed by atoms with van der Waals surface area (Å²) in [5.41, 5.74) is 3.41. The van der Waals surface area contributed by atoms with Crippen LogP contribution < -0.4 is 5.32 Å². The zero-order chi connectivity index (χ0) is 14.5. The van der Waals surface area contributed by atoms with Gasteiger partial charge in [0.25, 0.3) is 0 Å². The quantitative estimate of drug-likeness (QED) is 0.830. The van der Waals surface area contributed by atoms with Crippen molar-refractivity contribution in [1.29, 1.82) is 0 Å². The van der Waals surface area contributed by atoms with Crippen molar-refractivity contribution in [2.24, 2.45) is 0 Å². The minimum absolute atomic E-state index is 0.189. The second-order valence-corrected chi connectivity index (χ2v) is 7.54. The van der Waals surface area contributed by atoms with Gasteiger partial charge in [-0.05, 0) is 81.3 Å². The first-order valence-electron chi connectivity index (χ1n) is 7.57. The Hall–Kier alpha value is -0.570. The molecule has 1 saturated heterocycles. The third-order valence-electron chi connectivity index (χ3n) is 5.29. The summed E-state index contributed by atoms with van der Waals surface area (Å²) < 4.78 is 0. The molecule has 0 radical (unpaired) electrons. The maximum absolute atomic E-state index is 10.6. The van der Waals surface area contributed by atoms with Gasteiger partial charge in [-0.2, -0.15) is 0 Å². The topological polar surface area (TPSA) is 32.3 Å². The second kappa shape index (κ2) is 4.72. The highest BCUT2D eigenvalue weighted by Gasteiger charge is 2.48. The molecule has 0 bridgehead atoms. The first-order chi connectivity index (χ1) is 9.33. The molecule has 2 N–H and O–H groups in total. The molecule has 0 aromatic heterocycles. The molecule has 2 nitrogen and oxygen atoms in total. The van der Waals surface area contributed by atoms with Gasteiger partial charge in [-0.3, -0.25) is 0 Å². The van der Waals surface area contributed by atoms with Gasteiger partial charge in [0.05, 0.1) is 5.60 Å². The summed E-state index contributed by atoms with van der Waals surface area (Å²) in [7, 11) is 0. The first-order valence-corrected chi connectivity index (χ1v) is 7.95. The van der Waals surface area contributed by atoms with Crippen LogP contribution in [0.1, 0.15) is 55.7 Å². The predicted molar refractivity (Wildman–Crippen MR) is 83.6 cm³/mol. The largest absolute Gasteiger partial charge is 0.390 e. The number of hydrogen-bond acceptors (Lipinski definition) is 2. The Bertz CT molecular complexity index is 527. The van der Waals surface area contributed by atoms with E-state index in [1.807, 2.05) is 13.8 Å². The summed E-state index contributed by atoms with van der Waals surface area (Å²) in [6.45, 7) is 8.07. The molecule has 1 heterocycles. The van der Waals surface area contributed by atoms with Crippen LogP contribution in [0, 0.1) is 6.92 Å². The Kier molecular flexibility index (Phi) is 3.39. The Morgan fingerprint density at radius 1 is 1.30 bits per heavy atom. The van der Waals surface area contributed by atoms with Gasteiger partial charge < -0.3 is 10.4 Å². The lowest BCUT2D eigenvalue weighted by Crippen LogP contribution is -2.39. The zero-order valence-corrected chi connectivity index (χ0v) is 13.3. The highest BCUT2D eigenvalue weighted by Crippen LogP contribution is 2.54. The van der Waals surface area contributed by atoms with Crippen molar-refractivity contribution >= 4 is 11.6 Å². The van der Waals surface area contributed by atoms with Crippen LogP contribution in [0.2, 0.25) is 5.02 Å². The third-order valence-corrected chi connectivity index (χ3v) is 5.69. The van der Waals surface area contributed by atoms with Crippen LogP contribution in [0.25, 0.3) is 0 Å². The molecule has 1 aliphatic carbocycles. The number of nitrogens with one attached hydrogen (secondary N) is 1. The number of hydrogen-bond donors (Lipinski definition) is 2. The Morgan fingerprint density at radius 2 is 1.95 bits per heavy atom. The summed E-state index contributed by atoms with van der Waals surface area (Å²) in [6, 6.07) is 4.38. The summed E-state index contributed by atoms with van der Waals surface area (Å²) in [4.78, 5) is 0. The average molecular weight is 294 g/mol. The van der Waals surface area contributed by atoms with Crippen LogP contribution in [-0.2, 0) is 5.41 Å². The Balaban J connectivity index is 2.14. The molecule has 1 aromatic rings. The number of benzene rings is 1. The maximum Gasteiger partial charge on any atom is 0.0660 e. The van der Waals surface area contributed by atoms with Crippen molar-refractivity contribution in [1.82, 2.24) is 5.32 Å².